The second-order valence-corrected chi connectivity index (χ2v) is 14.8. The fraction of sp³-hybridized carbons (Fsp3) is 0.417. The summed E-state index contributed by atoms with van der Waals surface area (Å²) in [7, 11) is 1.24. The van der Waals surface area contributed by atoms with Gasteiger partial charge in [0, 0.05) is 48.6 Å². The van der Waals surface area contributed by atoms with E-state index in [0.717, 1.165) is 37.6 Å². The molecule has 3 aromatic heterocycles. The molecule has 54 heavy (non-hydrogen) atoms. The Morgan fingerprint density at radius 1 is 1.09 bits per heavy atom. The highest BCUT2D eigenvalue weighted by Gasteiger charge is 2.39. The van der Waals surface area contributed by atoms with Gasteiger partial charge in [0.2, 0.25) is 0 Å². The number of halogens is 6. The number of hydrogen-bond acceptors (Lipinski definition) is 10. The number of nitrogen functional groups attached to an aromatic ring is 1. The smallest absolute Gasteiger partial charge is 0.417 e. The number of ether oxygens (including phenoxy) is 1. The van der Waals surface area contributed by atoms with Crippen LogP contribution >= 0.6 is 11.3 Å². The molecule has 282 valence electrons. The van der Waals surface area contributed by atoms with E-state index in [1.54, 1.807) is 26.6 Å². The average molecular weight is 770 g/mol. The Hall–Kier alpha value is -5.15. The number of fused-ring (bicyclic) bond motifs is 4. The summed E-state index contributed by atoms with van der Waals surface area (Å²) in [5.41, 5.74) is 3.43. The minimum absolute atomic E-state index is 0.0161. The summed E-state index contributed by atoms with van der Waals surface area (Å²) < 4.78 is 94.9. The van der Waals surface area contributed by atoms with Gasteiger partial charge in [0.15, 0.2) is 11.5 Å². The number of amides is 1. The highest BCUT2D eigenvalue weighted by Crippen LogP contribution is 2.48. The Balaban J connectivity index is 0.000000399. The lowest BCUT2D eigenvalue weighted by Gasteiger charge is -2.30. The van der Waals surface area contributed by atoms with Crippen molar-refractivity contribution in [2.75, 3.05) is 50.5 Å². The molecule has 9 rings (SSSR count). The summed E-state index contributed by atoms with van der Waals surface area (Å²) in [6.07, 6.45) is -1.35. The fourth-order valence-corrected chi connectivity index (χ4v) is 8.73. The molecule has 4 aliphatic rings. The number of hydrogen-bond donors (Lipinski definition) is 1. The molecule has 2 N–H and O–H groups in total. The summed E-state index contributed by atoms with van der Waals surface area (Å²) in [6.45, 7) is 3.78. The number of benzene rings is 2. The summed E-state index contributed by atoms with van der Waals surface area (Å²) in [5.74, 6) is -2.38. The van der Waals surface area contributed by atoms with Gasteiger partial charge in [-0.05, 0) is 56.0 Å². The van der Waals surface area contributed by atoms with E-state index in [1.165, 1.54) is 20.0 Å². The maximum Gasteiger partial charge on any atom is 0.417 e. The summed E-state index contributed by atoms with van der Waals surface area (Å²) in [6, 6.07) is 6.40. The van der Waals surface area contributed by atoms with Crippen molar-refractivity contribution in [1.82, 2.24) is 29.5 Å². The number of carbonyl (C=O) groups excluding carboxylic acids is 1. The maximum absolute atomic E-state index is 16.6. The fourth-order valence-electron chi connectivity index (χ4n) is 7.78. The van der Waals surface area contributed by atoms with Crippen molar-refractivity contribution >= 4 is 49.1 Å². The number of aromatic nitrogens is 4. The first-order chi connectivity index (χ1) is 25.9. The second kappa shape index (κ2) is 13.6. The Bertz CT molecular complexity index is 2340. The number of nitrogens with zero attached hydrogens (tertiary/aromatic N) is 8. The number of nitrogens with two attached hydrogens (primary N) is 1. The molecule has 18 heteroatoms. The van der Waals surface area contributed by atoms with E-state index >= 15 is 4.39 Å². The third-order valence-corrected chi connectivity index (χ3v) is 11.5. The van der Waals surface area contributed by atoms with Gasteiger partial charge in [0.1, 0.15) is 34.4 Å². The highest BCUT2D eigenvalue weighted by molar-refractivity contribution is 7.23. The number of carbonyl (C=O) groups is 1. The van der Waals surface area contributed by atoms with Crippen molar-refractivity contribution in [3.05, 3.63) is 58.4 Å². The van der Waals surface area contributed by atoms with Crippen molar-refractivity contribution in [2.24, 2.45) is 0 Å². The minimum Gasteiger partial charge on any atom is -0.467 e. The van der Waals surface area contributed by atoms with Crippen molar-refractivity contribution in [2.45, 2.75) is 57.2 Å². The number of likely N-dealkylation sites (tertiary alicyclic amines) is 1. The third kappa shape index (κ3) is 6.12. The first-order valence-corrected chi connectivity index (χ1v) is 18.2. The quantitative estimate of drug-likeness (QED) is 0.203. The van der Waals surface area contributed by atoms with Crippen molar-refractivity contribution in [3.8, 4) is 23.2 Å². The number of methoxy groups -OCH3 is 1. The van der Waals surface area contributed by atoms with Crippen LogP contribution in [0.2, 0.25) is 0 Å². The Morgan fingerprint density at radius 2 is 1.89 bits per heavy atom. The zero-order valence-electron chi connectivity index (χ0n) is 28.9. The van der Waals surface area contributed by atoms with Gasteiger partial charge >= 0.3 is 12.2 Å². The van der Waals surface area contributed by atoms with E-state index in [1.807, 2.05) is 0 Å². The standard InChI is InChI=1S/C29H21F5N8O2S.C7H12FN/c1-44-28-37-23-15(26(38-28)41-7-8-42-13(12-41)9-19(39-42)27(43)40-5-2-6-40)10-17(29(32,33)34)21(22(23)31)14-3-4-18(30)24-20(14)16(11-35)25(36)45-24;8-6-4-7-2-1-3-9(7)5-6/h3-4,9-10H,2,5-8,12,36H2,1H3;6-7H,1-5H2. The number of nitriles is 1. The Morgan fingerprint density at radius 3 is 2.57 bits per heavy atom. The van der Waals surface area contributed by atoms with E-state index < -0.39 is 40.6 Å². The largest absolute Gasteiger partial charge is 0.467 e. The predicted molar refractivity (Wildman–Crippen MR) is 189 cm³/mol. The lowest BCUT2D eigenvalue weighted by Crippen LogP contribution is -2.42. The van der Waals surface area contributed by atoms with Crippen LogP contribution in [0.1, 0.15) is 53.0 Å². The first-order valence-electron chi connectivity index (χ1n) is 17.4. The lowest BCUT2D eigenvalue weighted by molar-refractivity contribution is -0.137. The summed E-state index contributed by atoms with van der Waals surface area (Å²) >= 11 is 0.686. The SMILES string of the molecule is COc1nc(N2CCn3nc(C(=O)N4CCC4)cc3C2)c2cc(C(F)(F)F)c(-c3ccc(F)c4sc(N)c(C#N)c34)c(F)c2n1.FC1CC2CCCN2C1. The molecule has 5 aromatic rings. The molecule has 0 saturated carbocycles. The Kier molecular flexibility index (Phi) is 9.04. The van der Waals surface area contributed by atoms with Crippen LogP contribution in [0.25, 0.3) is 32.1 Å². The van der Waals surface area contributed by atoms with E-state index in [2.05, 4.69) is 20.0 Å². The van der Waals surface area contributed by atoms with Crippen LogP contribution in [0.4, 0.5) is 37.2 Å². The third-order valence-electron chi connectivity index (χ3n) is 10.5. The van der Waals surface area contributed by atoms with Crippen molar-refractivity contribution < 1.29 is 35.9 Å². The number of rotatable bonds is 4. The molecule has 7 heterocycles. The normalized spacial score (nSPS) is 19.7. The van der Waals surface area contributed by atoms with Gasteiger partial charge in [-0.2, -0.15) is 33.5 Å². The molecular formula is C36H33F6N9O2S. The van der Waals surface area contributed by atoms with Gasteiger partial charge < -0.3 is 20.3 Å². The van der Waals surface area contributed by atoms with E-state index in [9.17, 15) is 32.0 Å². The van der Waals surface area contributed by atoms with Gasteiger partial charge in [0.05, 0.1) is 41.7 Å². The number of alkyl halides is 4. The van der Waals surface area contributed by atoms with E-state index in [4.69, 9.17) is 10.5 Å². The average Bonchev–Trinajstić information content (AvgIpc) is 3.89. The zero-order valence-corrected chi connectivity index (χ0v) is 29.7. The highest BCUT2D eigenvalue weighted by atomic mass is 32.1. The molecule has 2 atom stereocenters. The molecule has 3 saturated heterocycles. The maximum atomic E-state index is 16.6. The molecule has 0 aliphatic carbocycles. The molecule has 2 aromatic carbocycles. The van der Waals surface area contributed by atoms with Crippen LogP contribution in [0, 0.1) is 23.0 Å². The molecule has 0 radical (unpaired) electrons. The zero-order chi connectivity index (χ0) is 38.1. The number of anilines is 2. The minimum atomic E-state index is -5.08. The monoisotopic (exact) mass is 769 g/mol. The van der Waals surface area contributed by atoms with Crippen LogP contribution in [-0.2, 0) is 19.3 Å². The van der Waals surface area contributed by atoms with E-state index in [-0.39, 0.29) is 74.7 Å². The molecule has 1 amide bonds. The van der Waals surface area contributed by atoms with Crippen LogP contribution in [0.3, 0.4) is 0 Å². The van der Waals surface area contributed by atoms with Gasteiger partial charge in [-0.1, -0.05) is 6.07 Å². The first kappa shape index (κ1) is 35.9. The van der Waals surface area contributed by atoms with Crippen LogP contribution < -0.4 is 15.4 Å². The second-order valence-electron chi connectivity index (χ2n) is 13.7. The van der Waals surface area contributed by atoms with Crippen LogP contribution in [0.5, 0.6) is 6.01 Å². The van der Waals surface area contributed by atoms with Crippen LogP contribution in [-0.4, -0.2) is 87.5 Å². The molecule has 0 spiro atoms. The summed E-state index contributed by atoms with van der Waals surface area (Å²) in [5, 5.41) is 13.5. The van der Waals surface area contributed by atoms with Gasteiger partial charge in [-0.3, -0.25) is 14.4 Å². The molecule has 2 unspecified atom stereocenters. The van der Waals surface area contributed by atoms with Gasteiger partial charge in [-0.15, -0.1) is 11.3 Å². The summed E-state index contributed by atoms with van der Waals surface area (Å²) in [4.78, 5) is 26.7. The van der Waals surface area contributed by atoms with Crippen molar-refractivity contribution in [1.29, 1.82) is 5.26 Å². The lowest BCUT2D eigenvalue weighted by atomic mass is 9.92. The molecule has 4 aliphatic heterocycles. The molecule has 11 nitrogen and oxygen atoms in total. The van der Waals surface area contributed by atoms with Gasteiger partial charge in [-0.25, -0.2) is 13.2 Å². The molecule has 0 bridgehead atoms. The van der Waals surface area contributed by atoms with Crippen molar-refractivity contribution in [3.63, 3.8) is 0 Å². The topological polar surface area (TPSA) is 129 Å². The molecular weight excluding hydrogens is 737 g/mol. The number of thiophene rings is 1. The van der Waals surface area contributed by atoms with Crippen LogP contribution in [0.15, 0.2) is 24.3 Å². The molecule has 3 fully saturated rings. The van der Waals surface area contributed by atoms with E-state index in [0.29, 0.717) is 42.7 Å². The van der Waals surface area contributed by atoms with Gasteiger partial charge in [0.25, 0.3) is 5.91 Å². The Labute approximate surface area is 308 Å². The predicted octanol–water partition coefficient (Wildman–Crippen LogP) is 6.53.